The molecule has 0 saturated carbocycles. The first-order valence-electron chi connectivity index (χ1n) is 7.49. The predicted octanol–water partition coefficient (Wildman–Crippen LogP) is 3.09. The average molecular weight is 264 g/mol. The van der Waals surface area contributed by atoms with Crippen LogP contribution in [0.15, 0.2) is 18.2 Å². The molecule has 0 aliphatic carbocycles. The molecule has 3 heteroatoms. The van der Waals surface area contributed by atoms with Gasteiger partial charge in [-0.1, -0.05) is 18.6 Å². The fourth-order valence-electron chi connectivity index (χ4n) is 2.71. The number of hydrogen-bond donors (Lipinski definition) is 1. The maximum absolute atomic E-state index is 14.1. The van der Waals surface area contributed by atoms with Gasteiger partial charge in [0.05, 0.1) is 0 Å². The molecule has 0 unspecified atom stereocenters. The first-order valence-corrected chi connectivity index (χ1v) is 7.49. The third kappa shape index (κ3) is 4.59. The molecule has 0 aromatic heterocycles. The second-order valence-corrected chi connectivity index (χ2v) is 5.51. The molecule has 0 spiro atoms. The molecule has 2 N–H and O–H groups in total. The lowest BCUT2D eigenvalue weighted by molar-refractivity contribution is 0.218. The SMILES string of the molecule is NCCCCc1ccc(CN2CCCCC2)c(F)c1. The van der Waals surface area contributed by atoms with Crippen LogP contribution in [0.1, 0.15) is 43.2 Å². The number of hydrogen-bond acceptors (Lipinski definition) is 2. The van der Waals surface area contributed by atoms with Gasteiger partial charge in [0, 0.05) is 12.1 Å². The van der Waals surface area contributed by atoms with Gasteiger partial charge in [-0.15, -0.1) is 0 Å². The molecule has 0 bridgehead atoms. The Morgan fingerprint density at radius 3 is 2.58 bits per heavy atom. The molecule has 1 heterocycles. The fraction of sp³-hybridized carbons (Fsp3) is 0.625. The molecule has 106 valence electrons. The normalized spacial score (nSPS) is 16.7. The van der Waals surface area contributed by atoms with Crippen LogP contribution < -0.4 is 5.73 Å². The minimum atomic E-state index is -0.0455. The zero-order valence-electron chi connectivity index (χ0n) is 11.7. The topological polar surface area (TPSA) is 29.3 Å². The molecule has 1 fully saturated rings. The molecule has 0 atom stereocenters. The van der Waals surface area contributed by atoms with E-state index in [0.29, 0.717) is 0 Å². The van der Waals surface area contributed by atoms with Crippen molar-refractivity contribution in [3.05, 3.63) is 35.1 Å². The third-order valence-electron chi connectivity index (χ3n) is 3.88. The molecule has 2 nitrogen and oxygen atoms in total. The van der Waals surface area contributed by atoms with Crippen LogP contribution in [0.2, 0.25) is 0 Å². The van der Waals surface area contributed by atoms with E-state index in [2.05, 4.69) is 11.0 Å². The summed E-state index contributed by atoms with van der Waals surface area (Å²) >= 11 is 0. The summed E-state index contributed by atoms with van der Waals surface area (Å²) in [6, 6.07) is 5.73. The zero-order chi connectivity index (χ0) is 13.5. The van der Waals surface area contributed by atoms with Crippen LogP contribution in [-0.4, -0.2) is 24.5 Å². The van der Waals surface area contributed by atoms with E-state index in [1.807, 2.05) is 6.07 Å². The number of aryl methyl sites for hydroxylation is 1. The van der Waals surface area contributed by atoms with E-state index < -0.39 is 0 Å². The lowest BCUT2D eigenvalue weighted by Gasteiger charge is -2.26. The number of unbranched alkanes of at least 4 members (excludes halogenated alkanes) is 1. The number of benzene rings is 1. The molecule has 0 radical (unpaired) electrons. The van der Waals surface area contributed by atoms with Gasteiger partial charge in [-0.3, -0.25) is 4.90 Å². The van der Waals surface area contributed by atoms with E-state index in [9.17, 15) is 4.39 Å². The summed E-state index contributed by atoms with van der Waals surface area (Å²) in [5, 5.41) is 0. The first-order chi connectivity index (χ1) is 9.29. The van der Waals surface area contributed by atoms with Gasteiger partial charge in [-0.25, -0.2) is 4.39 Å². The number of nitrogens with two attached hydrogens (primary N) is 1. The molecule has 19 heavy (non-hydrogen) atoms. The highest BCUT2D eigenvalue weighted by Crippen LogP contribution is 2.17. The molecule has 1 saturated heterocycles. The van der Waals surface area contributed by atoms with Crippen molar-refractivity contribution >= 4 is 0 Å². The lowest BCUT2D eigenvalue weighted by atomic mass is 10.0. The quantitative estimate of drug-likeness (QED) is 0.800. The Labute approximate surface area is 115 Å². The number of likely N-dealkylation sites (tertiary alicyclic amines) is 1. The molecule has 0 amide bonds. The van der Waals surface area contributed by atoms with Crippen molar-refractivity contribution < 1.29 is 4.39 Å². The van der Waals surface area contributed by atoms with Crippen LogP contribution in [0.3, 0.4) is 0 Å². The van der Waals surface area contributed by atoms with Gasteiger partial charge in [-0.05, 0) is 63.4 Å². The Morgan fingerprint density at radius 2 is 1.89 bits per heavy atom. The lowest BCUT2D eigenvalue weighted by Crippen LogP contribution is -2.29. The predicted molar refractivity (Wildman–Crippen MR) is 77.5 cm³/mol. The summed E-state index contributed by atoms with van der Waals surface area (Å²) in [5.41, 5.74) is 7.40. The van der Waals surface area contributed by atoms with E-state index in [1.165, 1.54) is 19.3 Å². The maximum Gasteiger partial charge on any atom is 0.127 e. The Kier molecular flexibility index (Phi) is 5.80. The highest BCUT2D eigenvalue weighted by molar-refractivity contribution is 5.24. The van der Waals surface area contributed by atoms with E-state index >= 15 is 0 Å². The highest BCUT2D eigenvalue weighted by Gasteiger charge is 2.12. The monoisotopic (exact) mass is 264 g/mol. The summed E-state index contributed by atoms with van der Waals surface area (Å²) in [4.78, 5) is 2.36. The molecule has 2 rings (SSSR count). The average Bonchev–Trinajstić information content (AvgIpc) is 2.43. The van der Waals surface area contributed by atoms with Crippen LogP contribution in [0.25, 0.3) is 0 Å². The van der Waals surface area contributed by atoms with Crippen LogP contribution in [0, 0.1) is 5.82 Å². The second kappa shape index (κ2) is 7.61. The first kappa shape index (κ1) is 14.5. The second-order valence-electron chi connectivity index (χ2n) is 5.51. The summed E-state index contributed by atoms with van der Waals surface area (Å²) in [6.07, 6.45) is 6.80. The third-order valence-corrected chi connectivity index (χ3v) is 3.88. The molecule has 1 aromatic rings. The van der Waals surface area contributed by atoms with Gasteiger partial charge in [0.1, 0.15) is 5.82 Å². The Bertz CT molecular complexity index is 386. The Balaban J connectivity index is 1.90. The van der Waals surface area contributed by atoms with Gasteiger partial charge < -0.3 is 5.73 Å². The summed E-state index contributed by atoms with van der Waals surface area (Å²) in [6.45, 7) is 3.69. The van der Waals surface area contributed by atoms with Gasteiger partial charge in [-0.2, -0.15) is 0 Å². The number of piperidine rings is 1. The molecular weight excluding hydrogens is 239 g/mol. The maximum atomic E-state index is 14.1. The highest BCUT2D eigenvalue weighted by atomic mass is 19.1. The molecule has 1 aliphatic heterocycles. The minimum Gasteiger partial charge on any atom is -0.330 e. The zero-order valence-corrected chi connectivity index (χ0v) is 11.7. The van der Waals surface area contributed by atoms with E-state index in [4.69, 9.17) is 5.73 Å². The molecule has 1 aliphatic rings. The fourth-order valence-corrected chi connectivity index (χ4v) is 2.71. The van der Waals surface area contributed by atoms with Crippen molar-refractivity contribution in [1.29, 1.82) is 0 Å². The number of nitrogens with zero attached hydrogens (tertiary/aromatic N) is 1. The van der Waals surface area contributed by atoms with Crippen LogP contribution in [0.4, 0.5) is 4.39 Å². The van der Waals surface area contributed by atoms with Crippen LogP contribution in [0.5, 0.6) is 0 Å². The largest absolute Gasteiger partial charge is 0.330 e. The van der Waals surface area contributed by atoms with Crippen molar-refractivity contribution in [3.63, 3.8) is 0 Å². The van der Waals surface area contributed by atoms with E-state index in [1.54, 1.807) is 6.07 Å². The summed E-state index contributed by atoms with van der Waals surface area (Å²) in [7, 11) is 0. The minimum absolute atomic E-state index is 0.0455. The summed E-state index contributed by atoms with van der Waals surface area (Å²) in [5.74, 6) is -0.0455. The van der Waals surface area contributed by atoms with Gasteiger partial charge in [0.25, 0.3) is 0 Å². The summed E-state index contributed by atoms with van der Waals surface area (Å²) < 4.78 is 14.1. The van der Waals surface area contributed by atoms with Gasteiger partial charge in [0.15, 0.2) is 0 Å². The standard InChI is InChI=1S/C16H25FN2/c17-16-12-14(6-2-3-9-18)7-8-15(16)13-19-10-4-1-5-11-19/h7-8,12H,1-6,9-11,13,18H2. The molecule has 1 aromatic carbocycles. The van der Waals surface area contributed by atoms with Crippen molar-refractivity contribution in [1.82, 2.24) is 4.90 Å². The van der Waals surface area contributed by atoms with Gasteiger partial charge in [0.2, 0.25) is 0 Å². The van der Waals surface area contributed by atoms with Crippen molar-refractivity contribution in [2.75, 3.05) is 19.6 Å². The van der Waals surface area contributed by atoms with Crippen LogP contribution in [-0.2, 0) is 13.0 Å². The van der Waals surface area contributed by atoms with Crippen molar-refractivity contribution in [2.45, 2.75) is 45.1 Å². The smallest absolute Gasteiger partial charge is 0.127 e. The molecular formula is C16H25FN2. The Hall–Kier alpha value is -0.930. The number of rotatable bonds is 6. The Morgan fingerprint density at radius 1 is 1.11 bits per heavy atom. The van der Waals surface area contributed by atoms with E-state index in [0.717, 1.165) is 56.6 Å². The van der Waals surface area contributed by atoms with Crippen LogP contribution >= 0.6 is 0 Å². The van der Waals surface area contributed by atoms with Crippen molar-refractivity contribution in [3.8, 4) is 0 Å². The van der Waals surface area contributed by atoms with E-state index in [-0.39, 0.29) is 5.82 Å². The van der Waals surface area contributed by atoms with Crippen molar-refractivity contribution in [2.24, 2.45) is 5.73 Å². The number of halogens is 1. The van der Waals surface area contributed by atoms with Gasteiger partial charge >= 0.3 is 0 Å².